The van der Waals surface area contributed by atoms with Gasteiger partial charge in [-0.1, -0.05) is 38.1 Å². The average molecular weight is 419 g/mol. The van der Waals surface area contributed by atoms with Crippen molar-refractivity contribution in [2.45, 2.75) is 50.1 Å². The van der Waals surface area contributed by atoms with E-state index in [0.717, 1.165) is 36.8 Å². The molecule has 2 aromatic carbocycles. The zero-order valence-corrected chi connectivity index (χ0v) is 17.8. The topological polar surface area (TPSA) is 66.5 Å². The van der Waals surface area contributed by atoms with Crippen molar-refractivity contribution in [3.8, 4) is 0 Å². The summed E-state index contributed by atoms with van der Waals surface area (Å²) in [5.41, 5.74) is 2.28. The Morgan fingerprint density at radius 3 is 2.38 bits per heavy atom. The number of carbonyl (C=O) groups excluding carboxylic acids is 1. The van der Waals surface area contributed by atoms with Gasteiger partial charge in [-0.05, 0) is 48.1 Å². The molecule has 0 radical (unpaired) electrons. The lowest BCUT2D eigenvalue weighted by Crippen LogP contribution is -2.34. The van der Waals surface area contributed by atoms with Crippen LogP contribution in [-0.4, -0.2) is 38.1 Å². The fourth-order valence-electron chi connectivity index (χ4n) is 3.20. The fraction of sp³-hybridized carbons (Fsp3) is 0.409. The molecule has 5 nitrogen and oxygen atoms in total. The molecule has 156 valence electrons. The fourth-order valence-corrected chi connectivity index (χ4v) is 3.85. The summed E-state index contributed by atoms with van der Waals surface area (Å²) in [6.07, 6.45) is 3.12. The minimum absolute atomic E-state index is 0.0292. The lowest BCUT2D eigenvalue weighted by atomic mass is 10.0. The van der Waals surface area contributed by atoms with Crippen LogP contribution in [0.3, 0.4) is 0 Å². The van der Waals surface area contributed by atoms with E-state index in [0.29, 0.717) is 18.5 Å². The van der Waals surface area contributed by atoms with Crippen molar-refractivity contribution in [2.75, 3.05) is 18.1 Å². The van der Waals surface area contributed by atoms with Gasteiger partial charge in [0, 0.05) is 18.8 Å². The van der Waals surface area contributed by atoms with E-state index in [-0.39, 0.29) is 23.0 Å². The molecule has 0 aromatic heterocycles. The molecule has 1 N–H and O–H groups in total. The van der Waals surface area contributed by atoms with Crippen LogP contribution in [0.5, 0.6) is 0 Å². The minimum Gasteiger partial charge on any atom is -0.322 e. The second-order valence-corrected chi connectivity index (χ2v) is 10.0. The minimum atomic E-state index is -3.48. The maximum absolute atomic E-state index is 14.1. The van der Waals surface area contributed by atoms with Crippen molar-refractivity contribution < 1.29 is 17.6 Å². The third-order valence-electron chi connectivity index (χ3n) is 5.08. The van der Waals surface area contributed by atoms with E-state index in [1.807, 2.05) is 0 Å². The van der Waals surface area contributed by atoms with Gasteiger partial charge >= 0.3 is 0 Å². The molecule has 1 saturated carbocycles. The third-order valence-corrected chi connectivity index (χ3v) is 6.19. The predicted octanol–water partition coefficient (Wildman–Crippen LogP) is 3.96. The molecule has 1 fully saturated rings. The quantitative estimate of drug-likeness (QED) is 0.659. The number of sulfone groups is 1. The lowest BCUT2D eigenvalue weighted by Gasteiger charge is -2.22. The van der Waals surface area contributed by atoms with Crippen molar-refractivity contribution in [3.05, 3.63) is 59.4 Å². The molecule has 29 heavy (non-hydrogen) atoms. The molecule has 0 unspecified atom stereocenters. The molecule has 0 atom stereocenters. The standard InChI is InChI=1S/C22H27FN2O3S/c1-15(2)17-6-4-16(5-7-17)13-25(18-8-9-18)14-22(26)24-21-12-19(29(3,27)28)10-11-20(21)23/h4-7,10-12,15,18H,8-9,13-14H2,1-3H3,(H,24,26). The Morgan fingerprint density at radius 2 is 1.83 bits per heavy atom. The number of hydrogen-bond acceptors (Lipinski definition) is 4. The van der Waals surface area contributed by atoms with Crippen molar-refractivity contribution in [1.82, 2.24) is 4.90 Å². The van der Waals surface area contributed by atoms with E-state index in [1.54, 1.807) is 0 Å². The summed E-state index contributed by atoms with van der Waals surface area (Å²) in [4.78, 5) is 14.6. The molecule has 7 heteroatoms. The highest BCUT2D eigenvalue weighted by molar-refractivity contribution is 7.90. The van der Waals surface area contributed by atoms with Crippen molar-refractivity contribution in [1.29, 1.82) is 0 Å². The highest BCUT2D eigenvalue weighted by Crippen LogP contribution is 2.29. The number of benzene rings is 2. The summed E-state index contributed by atoms with van der Waals surface area (Å²) in [6.45, 7) is 5.06. The van der Waals surface area contributed by atoms with Gasteiger partial charge in [-0.15, -0.1) is 0 Å². The van der Waals surface area contributed by atoms with E-state index >= 15 is 0 Å². The largest absolute Gasteiger partial charge is 0.322 e. The Kier molecular flexibility index (Phi) is 6.39. The van der Waals surface area contributed by atoms with Gasteiger partial charge in [0.2, 0.25) is 5.91 Å². The first-order chi connectivity index (χ1) is 13.6. The number of carbonyl (C=O) groups is 1. The van der Waals surface area contributed by atoms with E-state index in [9.17, 15) is 17.6 Å². The zero-order chi connectivity index (χ0) is 21.2. The molecular weight excluding hydrogens is 391 g/mol. The van der Waals surface area contributed by atoms with Gasteiger partial charge in [0.05, 0.1) is 17.1 Å². The van der Waals surface area contributed by atoms with Crippen molar-refractivity contribution in [3.63, 3.8) is 0 Å². The monoisotopic (exact) mass is 418 g/mol. The second kappa shape index (κ2) is 8.63. The number of nitrogens with one attached hydrogen (secondary N) is 1. The maximum atomic E-state index is 14.1. The SMILES string of the molecule is CC(C)c1ccc(CN(CC(=O)Nc2cc(S(C)(=O)=O)ccc2F)C2CC2)cc1. The number of hydrogen-bond donors (Lipinski definition) is 1. The van der Waals surface area contributed by atoms with Crippen LogP contribution >= 0.6 is 0 Å². The summed E-state index contributed by atoms with van der Waals surface area (Å²) in [7, 11) is -3.48. The Morgan fingerprint density at radius 1 is 1.17 bits per heavy atom. The summed E-state index contributed by atoms with van der Waals surface area (Å²) in [5, 5.41) is 2.53. The normalized spacial score (nSPS) is 14.4. The van der Waals surface area contributed by atoms with Gasteiger partial charge in [-0.3, -0.25) is 9.69 Å². The summed E-state index contributed by atoms with van der Waals surface area (Å²) in [5.74, 6) is -0.555. The average Bonchev–Trinajstić information content (AvgIpc) is 3.47. The van der Waals surface area contributed by atoms with Gasteiger partial charge in [-0.2, -0.15) is 0 Å². The van der Waals surface area contributed by atoms with E-state index < -0.39 is 15.7 Å². The lowest BCUT2D eigenvalue weighted by molar-refractivity contribution is -0.117. The highest BCUT2D eigenvalue weighted by Gasteiger charge is 2.30. The number of amides is 1. The van der Waals surface area contributed by atoms with Crippen LogP contribution in [-0.2, 0) is 21.2 Å². The predicted molar refractivity (Wildman–Crippen MR) is 112 cm³/mol. The summed E-state index contributed by atoms with van der Waals surface area (Å²) >= 11 is 0. The van der Waals surface area contributed by atoms with Crippen LogP contribution in [0.15, 0.2) is 47.4 Å². The Bertz CT molecular complexity index is 984. The van der Waals surface area contributed by atoms with Crippen LogP contribution in [0, 0.1) is 5.82 Å². The first-order valence-electron chi connectivity index (χ1n) is 9.76. The van der Waals surface area contributed by atoms with E-state index in [1.165, 1.54) is 11.6 Å². The van der Waals surface area contributed by atoms with Crippen molar-refractivity contribution >= 4 is 21.4 Å². The van der Waals surface area contributed by atoms with Gasteiger partial charge < -0.3 is 5.32 Å². The van der Waals surface area contributed by atoms with Gasteiger partial charge in [-0.25, -0.2) is 12.8 Å². The summed E-state index contributed by atoms with van der Waals surface area (Å²) in [6, 6.07) is 12.1. The number of halogens is 1. The van der Waals surface area contributed by atoms with Gasteiger partial charge in [0.15, 0.2) is 9.84 Å². The molecule has 1 aliphatic rings. The molecule has 0 bridgehead atoms. The van der Waals surface area contributed by atoms with Crippen LogP contribution in [0.4, 0.5) is 10.1 Å². The zero-order valence-electron chi connectivity index (χ0n) is 17.0. The van der Waals surface area contributed by atoms with Crippen LogP contribution in [0.25, 0.3) is 0 Å². The first kappa shape index (κ1) is 21.5. The number of rotatable bonds is 8. The molecule has 0 saturated heterocycles. The van der Waals surface area contributed by atoms with Crippen LogP contribution < -0.4 is 5.32 Å². The molecule has 0 spiro atoms. The van der Waals surface area contributed by atoms with Gasteiger partial charge in [0.1, 0.15) is 5.82 Å². The molecule has 0 aliphatic heterocycles. The number of anilines is 1. The Labute approximate surface area is 171 Å². The molecule has 1 aliphatic carbocycles. The second-order valence-electron chi connectivity index (χ2n) is 7.99. The molecule has 0 heterocycles. The molecule has 1 amide bonds. The van der Waals surface area contributed by atoms with Gasteiger partial charge in [0.25, 0.3) is 0 Å². The Balaban J connectivity index is 1.68. The van der Waals surface area contributed by atoms with E-state index in [4.69, 9.17) is 0 Å². The smallest absolute Gasteiger partial charge is 0.238 e. The van der Waals surface area contributed by atoms with Crippen molar-refractivity contribution in [2.24, 2.45) is 0 Å². The molecule has 2 aromatic rings. The molecular formula is C22H27FN2O3S. The molecule has 3 rings (SSSR count). The Hall–Kier alpha value is -2.25. The summed E-state index contributed by atoms with van der Waals surface area (Å²) < 4.78 is 37.4. The van der Waals surface area contributed by atoms with Crippen LogP contribution in [0.2, 0.25) is 0 Å². The van der Waals surface area contributed by atoms with E-state index in [2.05, 4.69) is 48.3 Å². The first-order valence-corrected chi connectivity index (χ1v) is 11.6. The highest BCUT2D eigenvalue weighted by atomic mass is 32.2. The maximum Gasteiger partial charge on any atom is 0.238 e. The van der Waals surface area contributed by atoms with Crippen LogP contribution in [0.1, 0.15) is 43.7 Å². The number of nitrogens with zero attached hydrogens (tertiary/aromatic N) is 1. The third kappa shape index (κ3) is 5.87.